The van der Waals surface area contributed by atoms with Crippen LogP contribution in [0.2, 0.25) is 0 Å². The Morgan fingerprint density at radius 2 is 2.04 bits per heavy atom. The second kappa shape index (κ2) is 7.64. The van der Waals surface area contributed by atoms with E-state index in [0.29, 0.717) is 24.1 Å². The van der Waals surface area contributed by atoms with Crippen LogP contribution in [0.15, 0.2) is 24.3 Å². The van der Waals surface area contributed by atoms with Gasteiger partial charge >= 0.3 is 6.03 Å². The Bertz CT molecular complexity index is 848. The van der Waals surface area contributed by atoms with E-state index < -0.39 is 0 Å². The predicted molar refractivity (Wildman–Crippen MR) is 105 cm³/mol. The summed E-state index contributed by atoms with van der Waals surface area (Å²) in [7, 11) is 0. The van der Waals surface area contributed by atoms with E-state index in [-0.39, 0.29) is 17.9 Å². The van der Waals surface area contributed by atoms with Crippen LogP contribution in [0.4, 0.5) is 15.6 Å². The van der Waals surface area contributed by atoms with Gasteiger partial charge in [0.15, 0.2) is 0 Å². The van der Waals surface area contributed by atoms with Crippen LogP contribution in [0, 0.1) is 12.8 Å². The highest BCUT2D eigenvalue weighted by Gasteiger charge is 2.30. The molecule has 1 aliphatic heterocycles. The first-order valence-corrected chi connectivity index (χ1v) is 10.2. The van der Waals surface area contributed by atoms with Crippen LogP contribution >= 0.6 is 11.3 Å². The third-order valence-electron chi connectivity index (χ3n) is 4.95. The summed E-state index contributed by atoms with van der Waals surface area (Å²) in [5.41, 5.74) is 1.86. The van der Waals surface area contributed by atoms with Gasteiger partial charge in [-0.2, -0.15) is 0 Å². The van der Waals surface area contributed by atoms with Crippen LogP contribution in [-0.2, 0) is 4.79 Å². The zero-order valence-electron chi connectivity index (χ0n) is 15.3. The molecule has 2 aromatic rings. The molecule has 0 radical (unpaired) electrons. The van der Waals surface area contributed by atoms with Crippen LogP contribution in [0.1, 0.15) is 42.2 Å². The number of aromatic nitrogens is 2. The number of carbonyl (C=O) groups is 2. The molecule has 4 rings (SSSR count). The quantitative estimate of drug-likeness (QED) is 0.842. The Morgan fingerprint density at radius 3 is 2.81 bits per heavy atom. The summed E-state index contributed by atoms with van der Waals surface area (Å²) < 4.78 is 0. The first-order chi connectivity index (χ1) is 13.1. The number of likely N-dealkylation sites (tertiary alicyclic amines) is 1. The number of benzene rings is 1. The maximum Gasteiger partial charge on any atom is 0.321 e. The second-order valence-electron chi connectivity index (χ2n) is 7.29. The standard InChI is InChI=1S/C19H23N5O2S/c1-12-4-2-6-15(10-12)20-19(26)24-9-3-5-14(11-24)16(25)21-18-23-22-17(27-18)13-7-8-13/h2,4,6,10,13-14H,3,5,7-9,11H2,1H3,(H,20,26)(H,21,23,25). The topological polar surface area (TPSA) is 87.2 Å². The number of rotatable bonds is 4. The lowest BCUT2D eigenvalue weighted by molar-refractivity contribution is -0.121. The number of hydrogen-bond acceptors (Lipinski definition) is 5. The summed E-state index contributed by atoms with van der Waals surface area (Å²) in [6.45, 7) is 3.06. The molecule has 2 heterocycles. The van der Waals surface area contributed by atoms with Crippen LogP contribution < -0.4 is 10.6 Å². The van der Waals surface area contributed by atoms with Crippen molar-refractivity contribution < 1.29 is 9.59 Å². The molecule has 27 heavy (non-hydrogen) atoms. The molecule has 1 aromatic carbocycles. The molecule has 8 heteroatoms. The number of amides is 3. The smallest absolute Gasteiger partial charge is 0.321 e. The lowest BCUT2D eigenvalue weighted by Gasteiger charge is -2.31. The minimum atomic E-state index is -0.227. The normalized spacial score (nSPS) is 19.6. The highest BCUT2D eigenvalue weighted by molar-refractivity contribution is 7.15. The summed E-state index contributed by atoms with van der Waals surface area (Å²) in [6.07, 6.45) is 3.91. The van der Waals surface area contributed by atoms with E-state index in [1.165, 1.54) is 11.3 Å². The van der Waals surface area contributed by atoms with E-state index in [1.54, 1.807) is 4.90 Å². The van der Waals surface area contributed by atoms with Gasteiger partial charge in [-0.15, -0.1) is 10.2 Å². The van der Waals surface area contributed by atoms with Crippen LogP contribution in [0.5, 0.6) is 0 Å². The van der Waals surface area contributed by atoms with Crippen LogP contribution in [0.25, 0.3) is 0 Å². The molecule has 2 N–H and O–H groups in total. The molecule has 7 nitrogen and oxygen atoms in total. The number of nitrogens with zero attached hydrogens (tertiary/aromatic N) is 3. The van der Waals surface area contributed by atoms with E-state index in [2.05, 4.69) is 20.8 Å². The summed E-state index contributed by atoms with van der Waals surface area (Å²) in [6, 6.07) is 7.53. The maximum absolute atomic E-state index is 12.6. The summed E-state index contributed by atoms with van der Waals surface area (Å²) in [5, 5.41) is 15.6. The molecule has 1 unspecified atom stereocenters. The lowest BCUT2D eigenvalue weighted by Crippen LogP contribution is -2.45. The molecule has 2 aliphatic rings. The molecular weight excluding hydrogens is 362 g/mol. The SMILES string of the molecule is Cc1cccc(NC(=O)N2CCCC(C(=O)Nc3nnc(C4CC4)s3)C2)c1. The minimum absolute atomic E-state index is 0.0819. The van der Waals surface area contributed by atoms with Crippen molar-refractivity contribution in [2.24, 2.45) is 5.92 Å². The molecule has 2 fully saturated rings. The van der Waals surface area contributed by atoms with Gasteiger partial charge in [0.25, 0.3) is 0 Å². The Hall–Kier alpha value is -2.48. The third-order valence-corrected chi connectivity index (χ3v) is 5.95. The van der Waals surface area contributed by atoms with Gasteiger partial charge in [0.1, 0.15) is 5.01 Å². The average Bonchev–Trinajstić information content (AvgIpc) is 3.41. The zero-order chi connectivity index (χ0) is 18.8. The van der Waals surface area contributed by atoms with Crippen LogP contribution in [-0.4, -0.2) is 40.1 Å². The van der Waals surface area contributed by atoms with Crippen molar-refractivity contribution in [2.75, 3.05) is 23.7 Å². The van der Waals surface area contributed by atoms with E-state index in [4.69, 9.17) is 0 Å². The summed E-state index contributed by atoms with van der Waals surface area (Å²) in [5.74, 6) is 0.223. The van der Waals surface area contributed by atoms with E-state index in [9.17, 15) is 9.59 Å². The van der Waals surface area contributed by atoms with Crippen molar-refractivity contribution in [1.29, 1.82) is 0 Å². The van der Waals surface area contributed by atoms with Gasteiger partial charge in [-0.05, 0) is 50.3 Å². The Kier molecular flexibility index (Phi) is 5.07. The van der Waals surface area contributed by atoms with Crippen LogP contribution in [0.3, 0.4) is 0 Å². The van der Waals surface area contributed by atoms with Crippen molar-refractivity contribution in [3.8, 4) is 0 Å². The third kappa shape index (κ3) is 4.44. The second-order valence-corrected chi connectivity index (χ2v) is 8.30. The monoisotopic (exact) mass is 385 g/mol. The maximum atomic E-state index is 12.6. The summed E-state index contributed by atoms with van der Waals surface area (Å²) in [4.78, 5) is 26.9. The largest absolute Gasteiger partial charge is 0.324 e. The molecule has 0 bridgehead atoms. The van der Waals surface area contributed by atoms with Crippen molar-refractivity contribution >= 4 is 34.1 Å². The molecule has 1 atom stereocenters. The molecule has 1 aliphatic carbocycles. The number of anilines is 2. The first-order valence-electron chi connectivity index (χ1n) is 9.35. The zero-order valence-corrected chi connectivity index (χ0v) is 16.1. The van der Waals surface area contributed by atoms with Gasteiger partial charge in [0.05, 0.1) is 5.92 Å². The number of aryl methyl sites for hydroxylation is 1. The minimum Gasteiger partial charge on any atom is -0.324 e. The van der Waals surface area contributed by atoms with Crippen molar-refractivity contribution in [3.63, 3.8) is 0 Å². The molecule has 3 amide bonds. The van der Waals surface area contributed by atoms with E-state index in [1.807, 2.05) is 31.2 Å². The molecule has 1 saturated carbocycles. The van der Waals surface area contributed by atoms with Gasteiger partial charge in [-0.25, -0.2) is 4.79 Å². The molecular formula is C19H23N5O2S. The molecule has 0 spiro atoms. The molecule has 1 saturated heterocycles. The van der Waals surface area contributed by atoms with Gasteiger partial charge < -0.3 is 15.5 Å². The Morgan fingerprint density at radius 1 is 1.19 bits per heavy atom. The highest BCUT2D eigenvalue weighted by atomic mass is 32.1. The lowest BCUT2D eigenvalue weighted by atomic mass is 9.97. The number of nitrogens with one attached hydrogen (secondary N) is 2. The summed E-state index contributed by atoms with van der Waals surface area (Å²) >= 11 is 1.46. The van der Waals surface area contributed by atoms with E-state index >= 15 is 0 Å². The van der Waals surface area contributed by atoms with Gasteiger partial charge in [0, 0.05) is 24.7 Å². The van der Waals surface area contributed by atoms with Crippen molar-refractivity contribution in [1.82, 2.24) is 15.1 Å². The number of urea groups is 1. The predicted octanol–water partition coefficient (Wildman–Crippen LogP) is 3.61. The van der Waals surface area contributed by atoms with Gasteiger partial charge in [-0.1, -0.05) is 23.5 Å². The fourth-order valence-electron chi connectivity index (χ4n) is 3.29. The number of carbonyl (C=O) groups excluding carboxylic acids is 2. The fourth-order valence-corrected chi connectivity index (χ4v) is 4.20. The fraction of sp³-hybridized carbons (Fsp3) is 0.474. The molecule has 142 valence electrons. The number of piperidine rings is 1. The van der Waals surface area contributed by atoms with E-state index in [0.717, 1.165) is 41.9 Å². The highest BCUT2D eigenvalue weighted by Crippen LogP contribution is 2.42. The Balaban J connectivity index is 1.33. The van der Waals surface area contributed by atoms with Gasteiger partial charge in [-0.3, -0.25) is 4.79 Å². The van der Waals surface area contributed by atoms with Crippen molar-refractivity contribution in [3.05, 3.63) is 34.8 Å². The molecule has 1 aromatic heterocycles. The van der Waals surface area contributed by atoms with Crippen molar-refractivity contribution in [2.45, 2.75) is 38.5 Å². The first kappa shape index (κ1) is 17.9. The van der Waals surface area contributed by atoms with Gasteiger partial charge in [0.2, 0.25) is 11.0 Å². The average molecular weight is 385 g/mol. The number of hydrogen-bond donors (Lipinski definition) is 2. The Labute approximate surface area is 162 Å².